The highest BCUT2D eigenvalue weighted by atomic mass is 35.5. The van der Waals surface area contributed by atoms with Gasteiger partial charge in [0, 0.05) is 28.5 Å². The highest BCUT2D eigenvalue weighted by molar-refractivity contribution is 6.32. The molecule has 1 N–H and O–H groups in total. The van der Waals surface area contributed by atoms with Crippen LogP contribution in [-0.2, 0) is 16.6 Å². The number of fused-ring (bicyclic) bond motifs is 1. The molecule has 0 aliphatic carbocycles. The molecule has 0 aliphatic heterocycles. The lowest BCUT2D eigenvalue weighted by molar-refractivity contribution is -0.130. The lowest BCUT2D eigenvalue weighted by Crippen LogP contribution is -2.13. The molecule has 0 radical (unpaired) electrons. The molecule has 21 heavy (non-hydrogen) atoms. The second-order valence-corrected chi connectivity index (χ2v) is 4.88. The third-order valence-corrected chi connectivity index (χ3v) is 3.43. The second-order valence-electron chi connectivity index (χ2n) is 4.45. The van der Waals surface area contributed by atoms with Crippen molar-refractivity contribution in [2.24, 2.45) is 7.05 Å². The lowest BCUT2D eigenvalue weighted by atomic mass is 10.0. The summed E-state index contributed by atoms with van der Waals surface area (Å²) in [4.78, 5) is 23.4. The van der Waals surface area contributed by atoms with Gasteiger partial charge in [0.25, 0.3) is 0 Å². The molecule has 0 saturated carbocycles. The molecular weight excluding hydrogens is 294 g/mol. The second kappa shape index (κ2) is 5.61. The summed E-state index contributed by atoms with van der Waals surface area (Å²) < 4.78 is 6.60. The number of nitrogens with zero attached hydrogens (tertiary/aromatic N) is 1. The Morgan fingerprint density at radius 3 is 2.67 bits per heavy atom. The van der Waals surface area contributed by atoms with Gasteiger partial charge in [0.05, 0.1) is 12.2 Å². The van der Waals surface area contributed by atoms with E-state index >= 15 is 0 Å². The quantitative estimate of drug-likeness (QED) is 0.696. The Labute approximate surface area is 126 Å². The maximum atomic E-state index is 12.2. The molecule has 5 nitrogen and oxygen atoms in total. The number of benzene rings is 1. The van der Waals surface area contributed by atoms with Crippen LogP contribution in [-0.4, -0.2) is 28.2 Å². The minimum Gasteiger partial charge on any atom is -0.478 e. The van der Waals surface area contributed by atoms with E-state index in [1.54, 1.807) is 36.7 Å². The Morgan fingerprint density at radius 1 is 1.43 bits per heavy atom. The van der Waals surface area contributed by atoms with Gasteiger partial charge in [-0.2, -0.15) is 0 Å². The third kappa shape index (κ3) is 2.52. The Kier molecular flexibility index (Phi) is 4.04. The van der Waals surface area contributed by atoms with Crippen LogP contribution in [0.25, 0.3) is 16.5 Å². The van der Waals surface area contributed by atoms with Crippen molar-refractivity contribution in [2.45, 2.75) is 6.92 Å². The van der Waals surface area contributed by atoms with Crippen LogP contribution in [0, 0.1) is 0 Å². The van der Waals surface area contributed by atoms with E-state index in [0.29, 0.717) is 15.9 Å². The van der Waals surface area contributed by atoms with Crippen molar-refractivity contribution < 1.29 is 19.4 Å². The normalized spacial score (nSPS) is 10.6. The molecule has 0 amide bonds. The molecule has 0 atom stereocenters. The van der Waals surface area contributed by atoms with Gasteiger partial charge in [-0.15, -0.1) is 0 Å². The maximum absolute atomic E-state index is 12.2. The first-order chi connectivity index (χ1) is 9.88. The van der Waals surface area contributed by atoms with E-state index in [4.69, 9.17) is 16.3 Å². The number of aromatic nitrogens is 1. The fraction of sp³-hybridized carbons (Fsp3) is 0.200. The molecule has 0 spiro atoms. The molecule has 6 heteroatoms. The smallest absolute Gasteiger partial charge is 0.355 e. The van der Waals surface area contributed by atoms with Crippen molar-refractivity contribution in [3.63, 3.8) is 0 Å². The molecular formula is C15H14ClNO4. The van der Waals surface area contributed by atoms with Crippen LogP contribution in [0.3, 0.4) is 0 Å². The molecule has 0 unspecified atom stereocenters. The largest absolute Gasteiger partial charge is 0.478 e. The zero-order valence-corrected chi connectivity index (χ0v) is 12.4. The highest BCUT2D eigenvalue weighted by Gasteiger charge is 2.26. The van der Waals surface area contributed by atoms with Gasteiger partial charge in [-0.05, 0) is 25.1 Å². The van der Waals surface area contributed by atoms with E-state index in [1.165, 1.54) is 0 Å². The SMILES string of the molecule is C=C(C(=O)O)c1c(C(=O)OCC)n(C)c2ccc(Cl)cc12. The number of carbonyl (C=O) groups is 2. The van der Waals surface area contributed by atoms with Gasteiger partial charge in [-0.25, -0.2) is 9.59 Å². The van der Waals surface area contributed by atoms with Crippen molar-refractivity contribution >= 4 is 40.0 Å². The molecule has 2 aromatic rings. The van der Waals surface area contributed by atoms with Crippen molar-refractivity contribution in [1.82, 2.24) is 4.57 Å². The van der Waals surface area contributed by atoms with Crippen LogP contribution >= 0.6 is 11.6 Å². The van der Waals surface area contributed by atoms with Crippen molar-refractivity contribution in [3.8, 4) is 0 Å². The summed E-state index contributed by atoms with van der Waals surface area (Å²) >= 11 is 5.97. The number of halogens is 1. The molecule has 2 rings (SSSR count). The van der Waals surface area contributed by atoms with E-state index in [2.05, 4.69) is 6.58 Å². The predicted octanol–water partition coefficient (Wildman–Crippen LogP) is 3.11. The van der Waals surface area contributed by atoms with Crippen molar-refractivity contribution in [3.05, 3.63) is 41.1 Å². The predicted molar refractivity (Wildman–Crippen MR) is 80.6 cm³/mol. The fourth-order valence-corrected chi connectivity index (χ4v) is 2.44. The first-order valence-electron chi connectivity index (χ1n) is 6.26. The summed E-state index contributed by atoms with van der Waals surface area (Å²) in [6.45, 7) is 5.44. The fourth-order valence-electron chi connectivity index (χ4n) is 2.27. The van der Waals surface area contributed by atoms with Gasteiger partial charge in [0.2, 0.25) is 0 Å². The maximum Gasteiger partial charge on any atom is 0.355 e. The van der Waals surface area contributed by atoms with Gasteiger partial charge >= 0.3 is 11.9 Å². The molecule has 0 aliphatic rings. The lowest BCUT2D eigenvalue weighted by Gasteiger charge is -2.07. The van der Waals surface area contributed by atoms with Gasteiger partial charge in [-0.1, -0.05) is 18.2 Å². The highest BCUT2D eigenvalue weighted by Crippen LogP contribution is 2.33. The van der Waals surface area contributed by atoms with E-state index in [9.17, 15) is 14.7 Å². The summed E-state index contributed by atoms with van der Waals surface area (Å²) in [5.74, 6) is -1.79. The number of carboxylic acid groups (broad SMARTS) is 1. The summed E-state index contributed by atoms with van der Waals surface area (Å²) in [6, 6.07) is 5.01. The first-order valence-corrected chi connectivity index (χ1v) is 6.63. The van der Waals surface area contributed by atoms with Gasteiger partial charge in [-0.3, -0.25) is 0 Å². The number of rotatable bonds is 4. The van der Waals surface area contributed by atoms with Crippen LogP contribution in [0.1, 0.15) is 23.0 Å². The number of hydrogen-bond donors (Lipinski definition) is 1. The van der Waals surface area contributed by atoms with Crippen LogP contribution < -0.4 is 0 Å². The van der Waals surface area contributed by atoms with Crippen LogP contribution in [0.2, 0.25) is 5.02 Å². The summed E-state index contributed by atoms with van der Waals surface area (Å²) in [5.41, 5.74) is 0.897. The average molecular weight is 308 g/mol. The zero-order valence-electron chi connectivity index (χ0n) is 11.6. The Morgan fingerprint density at radius 2 is 2.10 bits per heavy atom. The van der Waals surface area contributed by atoms with Crippen molar-refractivity contribution in [2.75, 3.05) is 6.61 Å². The van der Waals surface area contributed by atoms with E-state index in [1.807, 2.05) is 0 Å². The number of ether oxygens (including phenoxy) is 1. The van der Waals surface area contributed by atoms with Gasteiger partial charge < -0.3 is 14.4 Å². The zero-order chi connectivity index (χ0) is 15.7. The molecule has 0 saturated heterocycles. The standard InChI is InChI=1S/C15H14ClNO4/c1-4-21-15(20)13-12(8(2)14(18)19)10-7-9(16)5-6-11(10)17(13)3/h5-7H,2,4H2,1,3H3,(H,18,19). The number of carboxylic acids is 1. The van der Waals surface area contributed by atoms with E-state index in [0.717, 1.165) is 0 Å². The molecule has 0 fully saturated rings. The average Bonchev–Trinajstić information content (AvgIpc) is 2.70. The summed E-state index contributed by atoms with van der Waals surface area (Å²) in [7, 11) is 1.67. The van der Waals surface area contributed by atoms with Crippen LogP contribution in [0.5, 0.6) is 0 Å². The molecule has 0 bridgehead atoms. The van der Waals surface area contributed by atoms with Gasteiger partial charge in [0.1, 0.15) is 5.69 Å². The molecule has 1 aromatic heterocycles. The van der Waals surface area contributed by atoms with Crippen LogP contribution in [0.15, 0.2) is 24.8 Å². The van der Waals surface area contributed by atoms with E-state index in [-0.39, 0.29) is 23.4 Å². The third-order valence-electron chi connectivity index (χ3n) is 3.19. The Bertz CT molecular complexity index is 761. The molecule has 110 valence electrons. The summed E-state index contributed by atoms with van der Waals surface area (Å²) in [6.07, 6.45) is 0. The summed E-state index contributed by atoms with van der Waals surface area (Å²) in [5, 5.41) is 10.2. The molecule has 1 aromatic carbocycles. The number of carbonyl (C=O) groups excluding carboxylic acids is 1. The minimum atomic E-state index is -1.20. The topological polar surface area (TPSA) is 68.5 Å². The Hall–Kier alpha value is -2.27. The van der Waals surface area contributed by atoms with Crippen molar-refractivity contribution in [1.29, 1.82) is 0 Å². The Balaban J connectivity index is 2.85. The van der Waals surface area contributed by atoms with E-state index < -0.39 is 11.9 Å². The van der Waals surface area contributed by atoms with Gasteiger partial charge in [0.15, 0.2) is 0 Å². The minimum absolute atomic E-state index is 0.154. The number of hydrogen-bond acceptors (Lipinski definition) is 3. The first kappa shape index (κ1) is 15.1. The number of aryl methyl sites for hydroxylation is 1. The monoisotopic (exact) mass is 307 g/mol. The molecule has 1 heterocycles. The number of aliphatic carboxylic acids is 1. The van der Waals surface area contributed by atoms with Crippen LogP contribution in [0.4, 0.5) is 0 Å². The number of esters is 1.